The smallest absolute Gasteiger partial charge is 0.311 e. The Bertz CT molecular complexity index is 600. The van der Waals surface area contributed by atoms with Crippen molar-refractivity contribution in [2.75, 3.05) is 23.4 Å². The lowest BCUT2D eigenvalue weighted by Crippen LogP contribution is -2.17. The number of aryl methyl sites for hydroxylation is 1. The van der Waals surface area contributed by atoms with Crippen LogP contribution >= 0.6 is 0 Å². The minimum Gasteiger partial charge on any atom is -0.364 e. The summed E-state index contributed by atoms with van der Waals surface area (Å²) in [6.45, 7) is 2.11. The van der Waals surface area contributed by atoms with Crippen molar-refractivity contribution in [2.45, 2.75) is 13.3 Å². The summed E-state index contributed by atoms with van der Waals surface area (Å²) in [5.74, 6) is 0.523. The van der Waals surface area contributed by atoms with Crippen molar-refractivity contribution < 1.29 is 13.3 Å². The number of hydrogen-bond acceptors (Lipinski definition) is 6. The van der Waals surface area contributed by atoms with E-state index in [-0.39, 0.29) is 28.9 Å². The molecule has 2 heterocycles. The first-order valence-electron chi connectivity index (χ1n) is 5.93. The minimum atomic E-state index is -2.93. The first kappa shape index (κ1) is 13.7. The third-order valence-corrected chi connectivity index (χ3v) is 4.92. The van der Waals surface area contributed by atoms with Gasteiger partial charge in [0, 0.05) is 18.8 Å². The van der Waals surface area contributed by atoms with Gasteiger partial charge in [0.25, 0.3) is 0 Å². The predicted octanol–water partition coefficient (Wildman–Crippen LogP) is 1.14. The van der Waals surface area contributed by atoms with Crippen LogP contribution in [0.4, 0.5) is 11.5 Å². The van der Waals surface area contributed by atoms with E-state index in [4.69, 9.17) is 0 Å². The molecule has 0 spiro atoms. The van der Waals surface area contributed by atoms with Crippen LogP contribution in [-0.2, 0) is 9.84 Å². The van der Waals surface area contributed by atoms with Gasteiger partial charge in [0.15, 0.2) is 9.84 Å². The van der Waals surface area contributed by atoms with Gasteiger partial charge in [-0.15, -0.1) is 0 Å². The number of sulfone groups is 1. The Balaban J connectivity index is 2.06. The van der Waals surface area contributed by atoms with Crippen molar-refractivity contribution in [1.82, 2.24) is 4.98 Å². The van der Waals surface area contributed by atoms with E-state index in [0.29, 0.717) is 18.5 Å². The number of anilines is 1. The van der Waals surface area contributed by atoms with Crippen LogP contribution in [0.1, 0.15) is 12.0 Å². The maximum atomic E-state index is 11.3. The third kappa shape index (κ3) is 3.40. The van der Waals surface area contributed by atoms with Crippen LogP contribution in [0.3, 0.4) is 0 Å². The number of nitrogens with one attached hydrogen (secondary N) is 1. The standard InChI is InChI=1S/C11H15N3O4S/c1-8-4-10(14(15)16)11(12-5-8)13-6-9-2-3-19(17,18)7-9/h4-5,9H,2-3,6-7H2,1H3,(H,12,13). The molecule has 104 valence electrons. The highest BCUT2D eigenvalue weighted by Crippen LogP contribution is 2.24. The second kappa shape index (κ2) is 5.12. The lowest BCUT2D eigenvalue weighted by atomic mass is 10.1. The van der Waals surface area contributed by atoms with Gasteiger partial charge in [-0.25, -0.2) is 13.4 Å². The Hall–Kier alpha value is -1.70. The average molecular weight is 285 g/mol. The van der Waals surface area contributed by atoms with Crippen LogP contribution in [0.2, 0.25) is 0 Å². The molecule has 1 aliphatic heterocycles. The van der Waals surface area contributed by atoms with E-state index < -0.39 is 14.8 Å². The molecule has 0 aromatic carbocycles. The molecule has 0 bridgehead atoms. The molecular weight excluding hydrogens is 270 g/mol. The molecule has 1 unspecified atom stereocenters. The quantitative estimate of drug-likeness (QED) is 0.657. The highest BCUT2D eigenvalue weighted by Gasteiger charge is 2.28. The zero-order valence-corrected chi connectivity index (χ0v) is 11.3. The molecule has 0 radical (unpaired) electrons. The van der Waals surface area contributed by atoms with Crippen molar-refractivity contribution in [3.63, 3.8) is 0 Å². The fraction of sp³-hybridized carbons (Fsp3) is 0.545. The van der Waals surface area contributed by atoms with Crippen molar-refractivity contribution in [3.05, 3.63) is 27.9 Å². The zero-order valence-electron chi connectivity index (χ0n) is 10.5. The lowest BCUT2D eigenvalue weighted by Gasteiger charge is -2.10. The van der Waals surface area contributed by atoms with Gasteiger partial charge in [-0.1, -0.05) is 0 Å². The number of pyridine rings is 1. The van der Waals surface area contributed by atoms with E-state index in [1.807, 2.05) is 0 Å². The Morgan fingerprint density at radius 1 is 1.58 bits per heavy atom. The molecule has 1 N–H and O–H groups in total. The summed E-state index contributed by atoms with van der Waals surface area (Å²) >= 11 is 0. The van der Waals surface area contributed by atoms with Gasteiger partial charge in [-0.2, -0.15) is 0 Å². The molecule has 0 amide bonds. The normalized spacial score (nSPS) is 21.2. The Morgan fingerprint density at radius 3 is 2.89 bits per heavy atom. The second-order valence-corrected chi connectivity index (χ2v) is 7.02. The molecule has 1 fully saturated rings. The number of nitro groups is 1. The molecule has 1 aromatic rings. The zero-order chi connectivity index (χ0) is 14.0. The van der Waals surface area contributed by atoms with Crippen molar-refractivity contribution >= 4 is 21.3 Å². The molecule has 0 saturated carbocycles. The summed E-state index contributed by atoms with van der Waals surface area (Å²) in [5.41, 5.74) is 0.626. The maximum absolute atomic E-state index is 11.3. The van der Waals surface area contributed by atoms with E-state index in [9.17, 15) is 18.5 Å². The van der Waals surface area contributed by atoms with Gasteiger partial charge in [0.2, 0.25) is 5.82 Å². The first-order valence-corrected chi connectivity index (χ1v) is 7.75. The van der Waals surface area contributed by atoms with Gasteiger partial charge >= 0.3 is 5.69 Å². The van der Waals surface area contributed by atoms with Crippen molar-refractivity contribution in [1.29, 1.82) is 0 Å². The second-order valence-electron chi connectivity index (χ2n) is 4.79. The van der Waals surface area contributed by atoms with Gasteiger partial charge in [-0.05, 0) is 24.8 Å². The summed E-state index contributed by atoms with van der Waals surface area (Å²) in [6.07, 6.45) is 2.13. The maximum Gasteiger partial charge on any atom is 0.311 e. The van der Waals surface area contributed by atoms with Crippen LogP contribution < -0.4 is 5.32 Å². The van der Waals surface area contributed by atoms with Gasteiger partial charge in [0.05, 0.1) is 16.4 Å². The Labute approximate surface area is 111 Å². The van der Waals surface area contributed by atoms with E-state index in [0.717, 1.165) is 0 Å². The molecular formula is C11H15N3O4S. The predicted molar refractivity (Wildman–Crippen MR) is 70.9 cm³/mol. The largest absolute Gasteiger partial charge is 0.364 e. The van der Waals surface area contributed by atoms with Crippen LogP contribution in [0.25, 0.3) is 0 Å². The Kier molecular flexibility index (Phi) is 3.70. The highest BCUT2D eigenvalue weighted by atomic mass is 32.2. The molecule has 7 nitrogen and oxygen atoms in total. The van der Waals surface area contributed by atoms with E-state index in [1.54, 1.807) is 13.1 Å². The number of hydrogen-bond donors (Lipinski definition) is 1. The lowest BCUT2D eigenvalue weighted by molar-refractivity contribution is -0.384. The van der Waals surface area contributed by atoms with E-state index in [1.165, 1.54) is 6.07 Å². The van der Waals surface area contributed by atoms with Crippen LogP contribution in [0.5, 0.6) is 0 Å². The first-order chi connectivity index (χ1) is 8.87. The third-order valence-electron chi connectivity index (χ3n) is 3.09. The highest BCUT2D eigenvalue weighted by molar-refractivity contribution is 7.91. The van der Waals surface area contributed by atoms with Crippen LogP contribution in [0, 0.1) is 23.0 Å². The van der Waals surface area contributed by atoms with Gasteiger partial charge in [-0.3, -0.25) is 10.1 Å². The van der Waals surface area contributed by atoms with Crippen molar-refractivity contribution in [3.8, 4) is 0 Å². The molecule has 19 heavy (non-hydrogen) atoms. The fourth-order valence-corrected chi connectivity index (χ4v) is 3.97. The summed E-state index contributed by atoms with van der Waals surface area (Å²) in [4.78, 5) is 14.4. The molecule has 1 atom stereocenters. The monoisotopic (exact) mass is 285 g/mol. The number of nitrogens with zero attached hydrogens (tertiary/aromatic N) is 2. The van der Waals surface area contributed by atoms with E-state index >= 15 is 0 Å². The van der Waals surface area contributed by atoms with E-state index in [2.05, 4.69) is 10.3 Å². The average Bonchev–Trinajstić information content (AvgIpc) is 2.67. The fourth-order valence-electron chi connectivity index (χ4n) is 2.10. The summed E-state index contributed by atoms with van der Waals surface area (Å²) in [6, 6.07) is 1.45. The van der Waals surface area contributed by atoms with Gasteiger partial charge in [0.1, 0.15) is 0 Å². The topological polar surface area (TPSA) is 102 Å². The Morgan fingerprint density at radius 2 is 2.32 bits per heavy atom. The van der Waals surface area contributed by atoms with Crippen LogP contribution in [-0.4, -0.2) is 36.4 Å². The number of aromatic nitrogens is 1. The summed E-state index contributed by atoms with van der Waals surface area (Å²) in [5, 5.41) is 13.8. The molecule has 1 aliphatic rings. The summed E-state index contributed by atoms with van der Waals surface area (Å²) in [7, 11) is -2.93. The molecule has 8 heteroatoms. The van der Waals surface area contributed by atoms with Crippen LogP contribution in [0.15, 0.2) is 12.3 Å². The van der Waals surface area contributed by atoms with Crippen molar-refractivity contribution in [2.24, 2.45) is 5.92 Å². The summed E-state index contributed by atoms with van der Waals surface area (Å²) < 4.78 is 22.6. The molecule has 1 aromatic heterocycles. The minimum absolute atomic E-state index is 0.00675. The van der Waals surface area contributed by atoms with Gasteiger partial charge < -0.3 is 5.32 Å². The molecule has 0 aliphatic carbocycles. The SMILES string of the molecule is Cc1cnc(NCC2CCS(=O)(=O)C2)c([N+](=O)[O-])c1. The number of rotatable bonds is 4. The molecule has 1 saturated heterocycles. The molecule has 2 rings (SSSR count).